The summed E-state index contributed by atoms with van der Waals surface area (Å²) in [5.41, 5.74) is 4.20. The van der Waals surface area contributed by atoms with Crippen LogP contribution in [0.3, 0.4) is 0 Å². The Kier molecular flexibility index (Phi) is 5.27. The van der Waals surface area contributed by atoms with Crippen molar-refractivity contribution in [3.05, 3.63) is 64.6 Å². The molecule has 0 atom stereocenters. The van der Waals surface area contributed by atoms with Crippen LogP contribution in [0, 0.1) is 6.92 Å². The number of nitrogens with zero attached hydrogens (tertiary/aromatic N) is 2. The van der Waals surface area contributed by atoms with Gasteiger partial charge >= 0.3 is 0 Å². The number of ether oxygens (including phenoxy) is 1. The van der Waals surface area contributed by atoms with Gasteiger partial charge in [0.1, 0.15) is 0 Å². The fraction of sp³-hybridized carbons (Fsp3) is 0.238. The average molecular weight is 379 g/mol. The number of aliphatic imine (C=N–C) groups is 1. The molecule has 0 saturated carbocycles. The molecule has 0 radical (unpaired) electrons. The van der Waals surface area contributed by atoms with Crippen LogP contribution < -0.4 is 10.2 Å². The summed E-state index contributed by atoms with van der Waals surface area (Å²) in [6.07, 6.45) is 1.90. The Balaban J connectivity index is 1.47. The molecule has 0 bridgehead atoms. The molecule has 2 saturated heterocycles. The Labute approximate surface area is 163 Å². The van der Waals surface area contributed by atoms with Crippen molar-refractivity contribution in [3.8, 4) is 0 Å². The molecule has 27 heavy (non-hydrogen) atoms. The first-order valence-corrected chi connectivity index (χ1v) is 9.78. The fourth-order valence-electron chi connectivity index (χ4n) is 2.97. The van der Waals surface area contributed by atoms with Gasteiger partial charge in [-0.25, -0.2) is 4.99 Å². The molecule has 0 aromatic heterocycles. The molecule has 2 aliphatic rings. The number of morpholine rings is 1. The minimum absolute atomic E-state index is 0.108. The van der Waals surface area contributed by atoms with Gasteiger partial charge in [0.25, 0.3) is 5.91 Å². The average Bonchev–Trinajstić information content (AvgIpc) is 3.04. The summed E-state index contributed by atoms with van der Waals surface area (Å²) < 4.78 is 5.39. The lowest BCUT2D eigenvalue weighted by molar-refractivity contribution is -0.115. The Morgan fingerprint density at radius 2 is 1.78 bits per heavy atom. The van der Waals surface area contributed by atoms with Crippen LogP contribution in [0.25, 0.3) is 6.08 Å². The molecule has 138 valence electrons. The second kappa shape index (κ2) is 7.98. The quantitative estimate of drug-likeness (QED) is 0.826. The number of aryl methyl sites for hydroxylation is 1. The van der Waals surface area contributed by atoms with Crippen LogP contribution in [0.2, 0.25) is 0 Å². The maximum atomic E-state index is 12.2. The maximum Gasteiger partial charge on any atom is 0.264 e. The highest BCUT2D eigenvalue weighted by Gasteiger charge is 2.23. The van der Waals surface area contributed by atoms with Crippen molar-refractivity contribution in [1.82, 2.24) is 5.32 Å². The van der Waals surface area contributed by atoms with Crippen LogP contribution in [-0.2, 0) is 9.53 Å². The number of carbonyl (C=O) groups is 1. The van der Waals surface area contributed by atoms with Gasteiger partial charge in [0.05, 0.1) is 23.8 Å². The second-order valence-corrected chi connectivity index (χ2v) is 7.54. The van der Waals surface area contributed by atoms with Crippen molar-refractivity contribution in [2.24, 2.45) is 4.99 Å². The van der Waals surface area contributed by atoms with E-state index in [1.54, 1.807) is 0 Å². The Bertz CT molecular complexity index is 883. The third-order valence-electron chi connectivity index (χ3n) is 4.48. The molecule has 1 N–H and O–H groups in total. The number of benzene rings is 2. The van der Waals surface area contributed by atoms with Gasteiger partial charge in [-0.05, 0) is 54.6 Å². The minimum Gasteiger partial charge on any atom is -0.378 e. The van der Waals surface area contributed by atoms with Crippen molar-refractivity contribution >= 4 is 40.3 Å². The zero-order valence-electron chi connectivity index (χ0n) is 15.1. The van der Waals surface area contributed by atoms with Crippen LogP contribution in [0.4, 0.5) is 11.4 Å². The van der Waals surface area contributed by atoms with E-state index in [-0.39, 0.29) is 5.91 Å². The number of anilines is 1. The highest BCUT2D eigenvalue weighted by molar-refractivity contribution is 8.18. The first-order chi connectivity index (χ1) is 13.2. The highest BCUT2D eigenvalue weighted by atomic mass is 32.2. The van der Waals surface area contributed by atoms with Gasteiger partial charge in [-0.15, -0.1) is 0 Å². The van der Waals surface area contributed by atoms with Gasteiger partial charge in [-0.3, -0.25) is 4.79 Å². The van der Waals surface area contributed by atoms with Gasteiger partial charge < -0.3 is 15.0 Å². The van der Waals surface area contributed by atoms with Crippen LogP contribution in [0.1, 0.15) is 11.1 Å². The lowest BCUT2D eigenvalue weighted by Crippen LogP contribution is -2.36. The molecule has 0 unspecified atom stereocenters. The Morgan fingerprint density at radius 3 is 2.48 bits per heavy atom. The summed E-state index contributed by atoms with van der Waals surface area (Å²) in [5, 5.41) is 3.45. The number of rotatable bonds is 3. The summed E-state index contributed by atoms with van der Waals surface area (Å²) in [6.45, 7) is 5.40. The number of carbonyl (C=O) groups excluding carboxylic acids is 1. The summed E-state index contributed by atoms with van der Waals surface area (Å²) in [6, 6.07) is 16.2. The van der Waals surface area contributed by atoms with E-state index in [1.807, 2.05) is 49.4 Å². The molecular weight excluding hydrogens is 358 g/mol. The van der Waals surface area contributed by atoms with E-state index in [0.29, 0.717) is 10.1 Å². The molecule has 2 heterocycles. The number of hydrogen-bond donors (Lipinski definition) is 1. The van der Waals surface area contributed by atoms with Gasteiger partial charge in [0.2, 0.25) is 0 Å². The molecule has 2 aromatic rings. The molecule has 4 rings (SSSR count). The highest BCUT2D eigenvalue weighted by Crippen LogP contribution is 2.28. The summed E-state index contributed by atoms with van der Waals surface area (Å²) >= 11 is 1.37. The fourth-order valence-corrected chi connectivity index (χ4v) is 3.81. The van der Waals surface area contributed by atoms with Crippen molar-refractivity contribution < 1.29 is 9.53 Å². The van der Waals surface area contributed by atoms with E-state index < -0.39 is 0 Å². The SMILES string of the molecule is Cc1ccc(N=C2NC(=O)/C(=C\c3ccc(N4CCOCC4)cc3)S2)cc1. The van der Waals surface area contributed by atoms with Crippen molar-refractivity contribution in [2.45, 2.75) is 6.92 Å². The number of hydrogen-bond acceptors (Lipinski definition) is 5. The van der Waals surface area contributed by atoms with E-state index >= 15 is 0 Å². The number of amidine groups is 1. The lowest BCUT2D eigenvalue weighted by Gasteiger charge is -2.28. The second-order valence-electron chi connectivity index (χ2n) is 6.51. The van der Waals surface area contributed by atoms with E-state index in [1.165, 1.54) is 23.0 Å². The molecule has 2 aliphatic heterocycles. The zero-order chi connectivity index (χ0) is 18.6. The van der Waals surface area contributed by atoms with E-state index in [0.717, 1.165) is 37.6 Å². The monoisotopic (exact) mass is 379 g/mol. The van der Waals surface area contributed by atoms with Crippen molar-refractivity contribution in [2.75, 3.05) is 31.2 Å². The zero-order valence-corrected chi connectivity index (χ0v) is 16.0. The van der Waals surface area contributed by atoms with E-state index in [9.17, 15) is 4.79 Å². The molecule has 2 aromatic carbocycles. The van der Waals surface area contributed by atoms with Crippen LogP contribution >= 0.6 is 11.8 Å². The van der Waals surface area contributed by atoms with Gasteiger partial charge in [0.15, 0.2) is 5.17 Å². The number of thioether (sulfide) groups is 1. The molecular formula is C21H21N3O2S. The normalized spacial score (nSPS) is 20.3. The molecule has 5 nitrogen and oxygen atoms in total. The van der Waals surface area contributed by atoms with Crippen molar-refractivity contribution in [3.63, 3.8) is 0 Å². The van der Waals surface area contributed by atoms with Gasteiger partial charge in [-0.2, -0.15) is 0 Å². The molecule has 0 spiro atoms. The van der Waals surface area contributed by atoms with Gasteiger partial charge in [0, 0.05) is 18.8 Å². The lowest BCUT2D eigenvalue weighted by atomic mass is 10.1. The van der Waals surface area contributed by atoms with Crippen LogP contribution in [0.15, 0.2) is 58.4 Å². The standard InChI is InChI=1S/C21H21N3O2S/c1-15-2-6-17(7-3-15)22-21-23-20(25)19(27-21)14-16-4-8-18(9-5-16)24-10-12-26-13-11-24/h2-9,14H,10-13H2,1H3,(H,22,23,25)/b19-14+. The number of amides is 1. The van der Waals surface area contributed by atoms with Crippen LogP contribution in [-0.4, -0.2) is 37.4 Å². The first kappa shape index (κ1) is 17.8. The Morgan fingerprint density at radius 1 is 1.07 bits per heavy atom. The van der Waals surface area contributed by atoms with E-state index in [4.69, 9.17) is 4.74 Å². The molecule has 1 amide bonds. The van der Waals surface area contributed by atoms with Crippen LogP contribution in [0.5, 0.6) is 0 Å². The maximum absolute atomic E-state index is 12.2. The smallest absolute Gasteiger partial charge is 0.264 e. The predicted octanol–water partition coefficient (Wildman–Crippen LogP) is 3.72. The van der Waals surface area contributed by atoms with Gasteiger partial charge in [-0.1, -0.05) is 29.8 Å². The topological polar surface area (TPSA) is 53.9 Å². The third kappa shape index (κ3) is 4.40. The predicted molar refractivity (Wildman–Crippen MR) is 111 cm³/mol. The Hall–Kier alpha value is -2.57. The number of nitrogens with one attached hydrogen (secondary N) is 1. The summed E-state index contributed by atoms with van der Waals surface area (Å²) in [5.74, 6) is -0.108. The molecule has 6 heteroatoms. The summed E-state index contributed by atoms with van der Waals surface area (Å²) in [4.78, 5) is 19.7. The minimum atomic E-state index is -0.108. The summed E-state index contributed by atoms with van der Waals surface area (Å²) in [7, 11) is 0. The molecule has 0 aliphatic carbocycles. The first-order valence-electron chi connectivity index (χ1n) is 8.96. The van der Waals surface area contributed by atoms with Crippen molar-refractivity contribution in [1.29, 1.82) is 0 Å². The third-order valence-corrected chi connectivity index (χ3v) is 5.39. The van der Waals surface area contributed by atoms with E-state index in [2.05, 4.69) is 27.3 Å². The largest absolute Gasteiger partial charge is 0.378 e. The molecule has 2 fully saturated rings.